The number of carbonyl (C=O) groups is 2. The van der Waals surface area contributed by atoms with Crippen molar-refractivity contribution < 1.29 is 24.5 Å². The maximum absolute atomic E-state index is 12.9. The largest absolute Gasteiger partial charge is 0.483 e. The minimum absolute atomic E-state index is 0.0661. The normalized spacial score (nSPS) is 9.85. The number of aliphatic hydroxyl groups is 1. The number of carboxylic acid groups (broad SMARTS) is 1. The van der Waals surface area contributed by atoms with Crippen LogP contribution < -0.4 is 10.1 Å². The smallest absolute Gasteiger partial charge is 0.290 e. The van der Waals surface area contributed by atoms with Crippen LogP contribution in [0, 0.1) is 0 Å². The molecule has 0 spiro atoms. The molecule has 2 aromatic heterocycles. The van der Waals surface area contributed by atoms with Crippen molar-refractivity contribution in [1.82, 2.24) is 9.97 Å². The van der Waals surface area contributed by atoms with Crippen LogP contribution in [-0.4, -0.2) is 32.6 Å². The molecule has 4 aromatic rings. The highest BCUT2D eigenvalue weighted by Gasteiger charge is 2.12. The summed E-state index contributed by atoms with van der Waals surface area (Å²) in [5.41, 5.74) is 3.28. The Morgan fingerprint density at radius 2 is 1.82 bits per heavy atom. The summed E-state index contributed by atoms with van der Waals surface area (Å²) < 4.78 is 5.85. The van der Waals surface area contributed by atoms with E-state index < -0.39 is 0 Å². The number of nitrogens with one attached hydrogen (secondary N) is 1. The van der Waals surface area contributed by atoms with Gasteiger partial charge in [0.15, 0.2) is 5.75 Å². The minimum Gasteiger partial charge on any atom is -0.483 e. The zero-order valence-corrected chi connectivity index (χ0v) is 17.5. The highest BCUT2D eigenvalue weighted by atomic mass is 16.5. The van der Waals surface area contributed by atoms with Gasteiger partial charge in [-0.05, 0) is 54.1 Å². The molecule has 2 heterocycles. The monoisotopic (exact) mass is 443 g/mol. The molecular weight excluding hydrogens is 422 g/mol. The Hall–Kier alpha value is -4.56. The van der Waals surface area contributed by atoms with Gasteiger partial charge in [0.1, 0.15) is 5.75 Å². The van der Waals surface area contributed by atoms with E-state index in [1.807, 2.05) is 18.2 Å². The molecule has 3 N–H and O–H groups in total. The van der Waals surface area contributed by atoms with E-state index in [-0.39, 0.29) is 19.0 Å². The van der Waals surface area contributed by atoms with Crippen LogP contribution in [0.2, 0.25) is 0 Å². The second kappa shape index (κ2) is 11.7. The number of para-hydroxylation sites is 2. The molecule has 166 valence electrons. The number of nitrogens with zero attached hydrogens (tertiary/aromatic N) is 2. The SMILES string of the molecule is O=C(Nc1ccccc1Oc1cccnc1)c1cccc(-c2cc(CO)ccn2)c1.O=CO. The number of aromatic nitrogens is 2. The summed E-state index contributed by atoms with van der Waals surface area (Å²) in [4.78, 5) is 29.6. The molecule has 1 amide bonds. The molecular formula is C25H21N3O5. The molecule has 0 radical (unpaired) electrons. The number of hydrogen-bond donors (Lipinski definition) is 3. The lowest BCUT2D eigenvalue weighted by Gasteiger charge is -2.12. The number of ether oxygens (including phenoxy) is 1. The van der Waals surface area contributed by atoms with Crippen molar-refractivity contribution in [2.75, 3.05) is 5.32 Å². The summed E-state index contributed by atoms with van der Waals surface area (Å²) >= 11 is 0. The van der Waals surface area contributed by atoms with Crippen molar-refractivity contribution >= 4 is 18.1 Å². The molecule has 8 heteroatoms. The average molecular weight is 443 g/mol. The van der Waals surface area contributed by atoms with E-state index in [0.717, 1.165) is 11.1 Å². The third-order valence-corrected chi connectivity index (χ3v) is 4.42. The van der Waals surface area contributed by atoms with Gasteiger partial charge in [-0.1, -0.05) is 24.3 Å². The molecule has 4 rings (SSSR count). The van der Waals surface area contributed by atoms with Crippen molar-refractivity contribution in [3.05, 3.63) is 103 Å². The molecule has 0 aliphatic rings. The third-order valence-electron chi connectivity index (χ3n) is 4.42. The Labute approximate surface area is 190 Å². The molecule has 8 nitrogen and oxygen atoms in total. The van der Waals surface area contributed by atoms with Crippen LogP contribution in [0.4, 0.5) is 5.69 Å². The van der Waals surface area contributed by atoms with E-state index in [4.69, 9.17) is 14.6 Å². The number of aliphatic hydroxyl groups excluding tert-OH is 1. The standard InChI is InChI=1S/C24H19N3O3.CH2O2/c28-16-17-10-12-26-22(13-17)18-5-3-6-19(14-18)24(29)27-21-8-1-2-9-23(21)30-20-7-4-11-25-15-20;2-1-3/h1-15,28H,16H2,(H,27,29);1H,(H,2,3). The Morgan fingerprint density at radius 1 is 1.00 bits per heavy atom. The number of anilines is 1. The molecule has 0 aliphatic carbocycles. The molecule has 0 atom stereocenters. The first-order chi connectivity index (χ1) is 16.1. The Balaban J connectivity index is 0.000000968. The van der Waals surface area contributed by atoms with E-state index >= 15 is 0 Å². The van der Waals surface area contributed by atoms with Gasteiger partial charge in [0, 0.05) is 23.5 Å². The van der Waals surface area contributed by atoms with Crippen molar-refractivity contribution in [2.45, 2.75) is 6.61 Å². The first kappa shape index (κ1) is 23.1. The minimum atomic E-state index is -0.266. The molecule has 0 saturated carbocycles. The summed E-state index contributed by atoms with van der Waals surface area (Å²) in [7, 11) is 0. The average Bonchev–Trinajstić information content (AvgIpc) is 2.86. The number of benzene rings is 2. The van der Waals surface area contributed by atoms with Crippen LogP contribution in [0.5, 0.6) is 11.5 Å². The number of carbonyl (C=O) groups excluding carboxylic acids is 1. The van der Waals surface area contributed by atoms with E-state index in [9.17, 15) is 9.90 Å². The maximum Gasteiger partial charge on any atom is 0.290 e. The van der Waals surface area contributed by atoms with Crippen LogP contribution in [0.25, 0.3) is 11.3 Å². The van der Waals surface area contributed by atoms with Gasteiger partial charge in [-0.15, -0.1) is 0 Å². The second-order valence-electron chi connectivity index (χ2n) is 6.63. The lowest BCUT2D eigenvalue weighted by Crippen LogP contribution is -2.12. The molecule has 2 aromatic carbocycles. The predicted molar refractivity (Wildman–Crippen MR) is 123 cm³/mol. The van der Waals surface area contributed by atoms with Crippen LogP contribution >= 0.6 is 0 Å². The first-order valence-corrected chi connectivity index (χ1v) is 9.87. The summed E-state index contributed by atoms with van der Waals surface area (Å²) in [5, 5.41) is 19.1. The van der Waals surface area contributed by atoms with Gasteiger partial charge in [-0.2, -0.15) is 0 Å². The van der Waals surface area contributed by atoms with Gasteiger partial charge in [-0.25, -0.2) is 0 Å². The highest BCUT2D eigenvalue weighted by molar-refractivity contribution is 6.05. The Bertz CT molecular complexity index is 1220. The van der Waals surface area contributed by atoms with Crippen molar-refractivity contribution in [2.24, 2.45) is 0 Å². The molecule has 0 fully saturated rings. The lowest BCUT2D eigenvalue weighted by atomic mass is 10.1. The summed E-state index contributed by atoms with van der Waals surface area (Å²) in [6, 6.07) is 21.5. The highest BCUT2D eigenvalue weighted by Crippen LogP contribution is 2.29. The van der Waals surface area contributed by atoms with Gasteiger partial charge >= 0.3 is 0 Å². The predicted octanol–water partition coefficient (Wildman–Crippen LogP) is 4.38. The number of amides is 1. The van der Waals surface area contributed by atoms with Crippen molar-refractivity contribution in [3.8, 4) is 22.8 Å². The number of rotatable bonds is 6. The topological polar surface area (TPSA) is 122 Å². The van der Waals surface area contributed by atoms with E-state index in [1.165, 1.54) is 0 Å². The van der Waals surface area contributed by atoms with Gasteiger partial charge in [0.25, 0.3) is 12.4 Å². The van der Waals surface area contributed by atoms with Gasteiger partial charge in [-0.3, -0.25) is 19.6 Å². The van der Waals surface area contributed by atoms with Gasteiger partial charge < -0.3 is 20.3 Å². The summed E-state index contributed by atoms with van der Waals surface area (Å²) in [6.07, 6.45) is 4.91. The van der Waals surface area contributed by atoms with Gasteiger partial charge in [0.2, 0.25) is 0 Å². The van der Waals surface area contributed by atoms with Gasteiger partial charge in [0.05, 0.1) is 24.2 Å². The van der Waals surface area contributed by atoms with Crippen LogP contribution in [0.15, 0.2) is 91.4 Å². The van der Waals surface area contributed by atoms with Crippen LogP contribution in [0.3, 0.4) is 0 Å². The Kier molecular flexibility index (Phi) is 8.21. The third kappa shape index (κ3) is 6.46. The number of hydrogen-bond acceptors (Lipinski definition) is 6. The van der Waals surface area contributed by atoms with Crippen molar-refractivity contribution in [3.63, 3.8) is 0 Å². The fourth-order valence-electron chi connectivity index (χ4n) is 2.94. The summed E-state index contributed by atoms with van der Waals surface area (Å²) in [5.74, 6) is 0.834. The van der Waals surface area contributed by atoms with Crippen LogP contribution in [-0.2, 0) is 11.4 Å². The van der Waals surface area contributed by atoms with E-state index in [2.05, 4.69) is 15.3 Å². The second-order valence-corrected chi connectivity index (χ2v) is 6.63. The summed E-state index contributed by atoms with van der Waals surface area (Å²) in [6.45, 7) is -0.316. The number of pyridine rings is 2. The van der Waals surface area contributed by atoms with E-state index in [1.54, 1.807) is 73.2 Å². The lowest BCUT2D eigenvalue weighted by molar-refractivity contribution is -0.122. The fraction of sp³-hybridized carbons (Fsp3) is 0.0400. The molecule has 0 saturated heterocycles. The maximum atomic E-state index is 12.9. The van der Waals surface area contributed by atoms with Crippen LogP contribution in [0.1, 0.15) is 15.9 Å². The molecule has 0 bridgehead atoms. The fourth-order valence-corrected chi connectivity index (χ4v) is 2.94. The van der Waals surface area contributed by atoms with Crippen molar-refractivity contribution in [1.29, 1.82) is 0 Å². The Morgan fingerprint density at radius 3 is 2.58 bits per heavy atom. The zero-order chi connectivity index (χ0) is 23.5. The molecule has 0 aliphatic heterocycles. The quantitative estimate of drug-likeness (QED) is 0.378. The van der Waals surface area contributed by atoms with E-state index in [0.29, 0.717) is 28.4 Å². The first-order valence-electron chi connectivity index (χ1n) is 9.87. The molecule has 0 unspecified atom stereocenters. The zero-order valence-electron chi connectivity index (χ0n) is 17.5. The molecule has 33 heavy (non-hydrogen) atoms.